The third-order valence-corrected chi connectivity index (χ3v) is 5.33. The van der Waals surface area contributed by atoms with Crippen molar-refractivity contribution in [2.75, 3.05) is 6.54 Å². The highest BCUT2D eigenvalue weighted by Crippen LogP contribution is 2.32. The van der Waals surface area contributed by atoms with Crippen molar-refractivity contribution < 1.29 is 14.7 Å². The van der Waals surface area contributed by atoms with Crippen molar-refractivity contribution >= 4 is 33.5 Å². The lowest BCUT2D eigenvalue weighted by molar-refractivity contribution is -0.137. The number of amides is 1. The zero-order chi connectivity index (χ0) is 15.5. The lowest BCUT2D eigenvalue weighted by atomic mass is 10.2. The van der Waals surface area contributed by atoms with Gasteiger partial charge in [-0.05, 0) is 42.7 Å². The number of carbonyl (C=O) groups excluding carboxylic acids is 1. The monoisotopic (exact) mass is 328 g/mol. The summed E-state index contributed by atoms with van der Waals surface area (Å²) in [6, 6.07) is 5.68. The Hall–Kier alpha value is -1.21. The molecule has 1 heterocycles. The number of pyridine rings is 1. The van der Waals surface area contributed by atoms with E-state index in [4.69, 9.17) is 5.11 Å². The number of hydrogen-bond acceptors (Lipinski definition) is 5. The normalized spacial score (nSPS) is 11.9. The minimum Gasteiger partial charge on any atom is -0.481 e. The smallest absolute Gasteiger partial charge is 0.303 e. The van der Waals surface area contributed by atoms with Crippen LogP contribution in [-0.2, 0) is 9.59 Å². The van der Waals surface area contributed by atoms with Crippen molar-refractivity contribution in [2.24, 2.45) is 0 Å². The van der Waals surface area contributed by atoms with Crippen LogP contribution in [0.1, 0.15) is 32.6 Å². The Morgan fingerprint density at radius 1 is 1.33 bits per heavy atom. The number of carboxylic acid groups (broad SMARTS) is 1. The topological polar surface area (TPSA) is 79.3 Å². The van der Waals surface area contributed by atoms with Crippen LogP contribution in [-0.4, -0.2) is 33.8 Å². The van der Waals surface area contributed by atoms with E-state index in [0.717, 1.165) is 17.9 Å². The molecule has 116 valence electrons. The van der Waals surface area contributed by atoms with Gasteiger partial charge in [-0.25, -0.2) is 4.98 Å². The number of unbranched alkanes of at least 4 members (excludes halogenated alkanes) is 2. The SMILES string of the molecule is CC(SSc1ccccn1)C(=O)NCCCCCC(=O)O. The molecule has 0 aliphatic rings. The maximum Gasteiger partial charge on any atom is 0.303 e. The van der Waals surface area contributed by atoms with Gasteiger partial charge in [0.2, 0.25) is 5.91 Å². The predicted octanol–water partition coefficient (Wildman–Crippen LogP) is 2.97. The number of carboxylic acids is 1. The van der Waals surface area contributed by atoms with Crippen LogP contribution < -0.4 is 5.32 Å². The summed E-state index contributed by atoms with van der Waals surface area (Å²) in [5, 5.41) is 12.1. The van der Waals surface area contributed by atoms with Gasteiger partial charge in [0.25, 0.3) is 0 Å². The molecule has 7 heteroatoms. The first-order valence-electron chi connectivity index (χ1n) is 6.83. The van der Waals surface area contributed by atoms with Gasteiger partial charge in [0.15, 0.2) is 0 Å². The van der Waals surface area contributed by atoms with Gasteiger partial charge >= 0.3 is 5.97 Å². The zero-order valence-corrected chi connectivity index (χ0v) is 13.6. The molecule has 0 aliphatic carbocycles. The molecule has 1 aromatic rings. The molecular weight excluding hydrogens is 308 g/mol. The molecule has 21 heavy (non-hydrogen) atoms. The predicted molar refractivity (Wildman–Crippen MR) is 86.3 cm³/mol. The molecule has 0 aliphatic heterocycles. The average molecular weight is 328 g/mol. The molecule has 0 spiro atoms. The van der Waals surface area contributed by atoms with Gasteiger partial charge in [0, 0.05) is 19.2 Å². The minimum absolute atomic E-state index is 0.00154. The number of aliphatic carboxylic acids is 1. The number of carbonyl (C=O) groups is 2. The fourth-order valence-corrected chi connectivity index (χ4v) is 3.43. The molecule has 1 unspecified atom stereocenters. The first-order valence-corrected chi connectivity index (χ1v) is 9.04. The zero-order valence-electron chi connectivity index (χ0n) is 11.9. The summed E-state index contributed by atoms with van der Waals surface area (Å²) < 4.78 is 0. The lowest BCUT2D eigenvalue weighted by Gasteiger charge is -2.10. The van der Waals surface area contributed by atoms with Gasteiger partial charge in [0.05, 0.1) is 5.25 Å². The Morgan fingerprint density at radius 3 is 2.81 bits per heavy atom. The molecule has 1 atom stereocenters. The molecule has 0 saturated heterocycles. The van der Waals surface area contributed by atoms with E-state index >= 15 is 0 Å². The Balaban J connectivity index is 2.09. The van der Waals surface area contributed by atoms with Crippen molar-refractivity contribution in [2.45, 2.75) is 42.9 Å². The second-order valence-electron chi connectivity index (χ2n) is 4.49. The summed E-state index contributed by atoms with van der Waals surface area (Å²) in [7, 11) is 2.96. The molecule has 0 aromatic carbocycles. The molecule has 0 fully saturated rings. The number of nitrogens with one attached hydrogen (secondary N) is 1. The fraction of sp³-hybridized carbons (Fsp3) is 0.500. The second-order valence-corrected chi connectivity index (χ2v) is 7.05. The Bertz CT molecular complexity index is 443. The molecule has 2 N–H and O–H groups in total. The molecule has 0 saturated carbocycles. The summed E-state index contributed by atoms with van der Waals surface area (Å²) in [6.07, 6.45) is 4.21. The van der Waals surface area contributed by atoms with Gasteiger partial charge in [-0.15, -0.1) is 0 Å². The van der Waals surface area contributed by atoms with Crippen LogP contribution in [0.2, 0.25) is 0 Å². The van der Waals surface area contributed by atoms with E-state index in [0.29, 0.717) is 13.0 Å². The van der Waals surface area contributed by atoms with Crippen LogP contribution in [0.25, 0.3) is 0 Å². The van der Waals surface area contributed by atoms with Crippen LogP contribution in [0.15, 0.2) is 29.4 Å². The average Bonchev–Trinajstić information content (AvgIpc) is 2.48. The first-order chi connectivity index (χ1) is 10.1. The van der Waals surface area contributed by atoms with Crippen LogP contribution >= 0.6 is 21.6 Å². The molecule has 0 radical (unpaired) electrons. The summed E-state index contributed by atoms with van der Waals surface area (Å²) in [5.74, 6) is -0.766. The van der Waals surface area contributed by atoms with E-state index in [1.807, 2.05) is 25.1 Å². The number of nitrogens with zero attached hydrogens (tertiary/aromatic N) is 1. The Kier molecular flexibility index (Phi) is 8.93. The quantitative estimate of drug-likeness (QED) is 0.508. The van der Waals surface area contributed by atoms with Crippen molar-refractivity contribution in [3.05, 3.63) is 24.4 Å². The number of aromatic nitrogens is 1. The van der Waals surface area contributed by atoms with E-state index in [9.17, 15) is 9.59 Å². The highest BCUT2D eigenvalue weighted by Gasteiger charge is 2.13. The largest absolute Gasteiger partial charge is 0.481 e. The van der Waals surface area contributed by atoms with Crippen molar-refractivity contribution in [1.29, 1.82) is 0 Å². The molecule has 1 rings (SSSR count). The van der Waals surface area contributed by atoms with Gasteiger partial charge in [-0.1, -0.05) is 23.3 Å². The van der Waals surface area contributed by atoms with Crippen molar-refractivity contribution in [3.63, 3.8) is 0 Å². The summed E-state index contributed by atoms with van der Waals surface area (Å²) >= 11 is 0. The minimum atomic E-state index is -0.768. The van der Waals surface area contributed by atoms with Crippen LogP contribution in [0.5, 0.6) is 0 Å². The van der Waals surface area contributed by atoms with E-state index in [1.165, 1.54) is 21.6 Å². The third kappa shape index (κ3) is 8.62. The summed E-state index contributed by atoms with van der Waals surface area (Å²) in [6.45, 7) is 2.46. The van der Waals surface area contributed by atoms with E-state index < -0.39 is 5.97 Å². The van der Waals surface area contributed by atoms with Crippen LogP contribution in [0, 0.1) is 0 Å². The summed E-state index contributed by atoms with van der Waals surface area (Å²) in [4.78, 5) is 26.4. The maximum atomic E-state index is 11.8. The summed E-state index contributed by atoms with van der Waals surface area (Å²) in [5.41, 5.74) is 0. The second kappa shape index (κ2) is 10.5. The van der Waals surface area contributed by atoms with E-state index in [1.54, 1.807) is 6.20 Å². The van der Waals surface area contributed by atoms with Gasteiger partial charge in [-0.2, -0.15) is 0 Å². The van der Waals surface area contributed by atoms with E-state index in [2.05, 4.69) is 10.3 Å². The molecular formula is C14H20N2O3S2. The van der Waals surface area contributed by atoms with Gasteiger partial charge in [0.1, 0.15) is 5.03 Å². The standard InChI is InChI=1S/C14H20N2O3S2/c1-11(20-21-12-7-4-6-9-15-12)14(19)16-10-5-2-3-8-13(17)18/h4,6-7,9,11H,2-3,5,8,10H2,1H3,(H,16,19)(H,17,18). The molecule has 5 nitrogen and oxygen atoms in total. The van der Waals surface area contributed by atoms with Gasteiger partial charge < -0.3 is 10.4 Å². The number of rotatable bonds is 10. The highest BCUT2D eigenvalue weighted by molar-refractivity contribution is 8.77. The number of hydrogen-bond donors (Lipinski definition) is 2. The van der Waals surface area contributed by atoms with E-state index in [-0.39, 0.29) is 17.6 Å². The molecule has 1 aromatic heterocycles. The van der Waals surface area contributed by atoms with Crippen molar-refractivity contribution in [3.8, 4) is 0 Å². The lowest BCUT2D eigenvalue weighted by Crippen LogP contribution is -2.31. The van der Waals surface area contributed by atoms with Crippen LogP contribution in [0.4, 0.5) is 0 Å². The highest BCUT2D eigenvalue weighted by atomic mass is 33.1. The first kappa shape index (κ1) is 17.8. The van der Waals surface area contributed by atoms with Crippen LogP contribution in [0.3, 0.4) is 0 Å². The van der Waals surface area contributed by atoms with Gasteiger partial charge in [-0.3, -0.25) is 9.59 Å². The fourth-order valence-electron chi connectivity index (χ4n) is 1.49. The van der Waals surface area contributed by atoms with Crippen molar-refractivity contribution in [1.82, 2.24) is 10.3 Å². The Labute approximate surface area is 132 Å². The Morgan fingerprint density at radius 2 is 2.14 bits per heavy atom. The maximum absolute atomic E-state index is 11.8. The third-order valence-electron chi connectivity index (χ3n) is 2.65. The molecule has 1 amide bonds. The molecule has 0 bridgehead atoms.